The Balaban J connectivity index is 1.58. The Morgan fingerprint density at radius 1 is 1.17 bits per heavy atom. The maximum absolute atomic E-state index is 12.1. The van der Waals surface area contributed by atoms with E-state index in [1.165, 1.54) is 0 Å². The molecule has 0 aliphatic heterocycles. The molecule has 24 heavy (non-hydrogen) atoms. The summed E-state index contributed by atoms with van der Waals surface area (Å²) >= 11 is 0. The van der Waals surface area contributed by atoms with E-state index in [0.29, 0.717) is 29.4 Å². The van der Waals surface area contributed by atoms with Gasteiger partial charge in [0.05, 0.1) is 20.1 Å². The second-order valence-electron chi connectivity index (χ2n) is 5.18. The van der Waals surface area contributed by atoms with Crippen molar-refractivity contribution in [1.82, 2.24) is 15.5 Å². The quantitative estimate of drug-likeness (QED) is 0.754. The van der Waals surface area contributed by atoms with E-state index in [1.54, 1.807) is 31.4 Å². The van der Waals surface area contributed by atoms with Gasteiger partial charge in [-0.2, -0.15) is 4.98 Å². The number of hydrogen-bond acceptors (Lipinski definition) is 5. The van der Waals surface area contributed by atoms with Crippen LogP contribution in [-0.2, 0) is 13.0 Å². The van der Waals surface area contributed by atoms with Crippen molar-refractivity contribution < 1.29 is 14.1 Å². The molecule has 0 bridgehead atoms. The van der Waals surface area contributed by atoms with Gasteiger partial charge in [-0.15, -0.1) is 0 Å². The fourth-order valence-corrected chi connectivity index (χ4v) is 2.23. The van der Waals surface area contributed by atoms with Crippen LogP contribution in [0.4, 0.5) is 0 Å². The molecule has 6 heteroatoms. The summed E-state index contributed by atoms with van der Waals surface area (Å²) in [5.74, 6) is 1.37. The molecule has 0 radical (unpaired) electrons. The molecular weight excluding hydrogens is 306 g/mol. The molecule has 0 fully saturated rings. The lowest BCUT2D eigenvalue weighted by Crippen LogP contribution is -2.23. The molecule has 0 spiro atoms. The second-order valence-corrected chi connectivity index (χ2v) is 5.18. The van der Waals surface area contributed by atoms with Crippen LogP contribution in [0.5, 0.6) is 5.75 Å². The lowest BCUT2D eigenvalue weighted by atomic mass is 10.1. The predicted octanol–water partition coefficient (Wildman–Crippen LogP) is 2.60. The van der Waals surface area contributed by atoms with Crippen LogP contribution in [0.3, 0.4) is 0 Å². The molecule has 0 saturated heterocycles. The molecule has 0 aliphatic rings. The third-order valence-corrected chi connectivity index (χ3v) is 3.45. The average Bonchev–Trinajstić information content (AvgIpc) is 3.08. The summed E-state index contributed by atoms with van der Waals surface area (Å²) in [7, 11) is 1.56. The van der Waals surface area contributed by atoms with Crippen LogP contribution in [0.1, 0.15) is 27.6 Å². The number of benzene rings is 2. The number of methoxy groups -OCH3 is 1. The van der Waals surface area contributed by atoms with Crippen LogP contribution in [0.15, 0.2) is 59.1 Å². The van der Waals surface area contributed by atoms with Gasteiger partial charge in [-0.1, -0.05) is 41.6 Å². The predicted molar refractivity (Wildman–Crippen MR) is 87.7 cm³/mol. The first-order chi connectivity index (χ1) is 11.7. The van der Waals surface area contributed by atoms with Gasteiger partial charge < -0.3 is 14.6 Å². The van der Waals surface area contributed by atoms with Crippen molar-refractivity contribution in [2.75, 3.05) is 7.11 Å². The van der Waals surface area contributed by atoms with Gasteiger partial charge in [0.25, 0.3) is 5.91 Å². The molecule has 122 valence electrons. The van der Waals surface area contributed by atoms with Crippen LogP contribution < -0.4 is 10.1 Å². The molecule has 3 rings (SSSR count). The number of carbonyl (C=O) groups excluding carboxylic acids is 1. The number of rotatable bonds is 6. The van der Waals surface area contributed by atoms with Gasteiger partial charge in [-0.25, -0.2) is 0 Å². The first kappa shape index (κ1) is 15.7. The Morgan fingerprint density at radius 2 is 2.00 bits per heavy atom. The first-order valence-electron chi connectivity index (χ1n) is 7.52. The minimum absolute atomic E-state index is 0.203. The summed E-state index contributed by atoms with van der Waals surface area (Å²) in [5.41, 5.74) is 1.61. The van der Waals surface area contributed by atoms with Gasteiger partial charge in [-0.05, 0) is 23.8 Å². The zero-order valence-electron chi connectivity index (χ0n) is 13.2. The molecule has 1 amide bonds. The van der Waals surface area contributed by atoms with E-state index in [9.17, 15) is 4.79 Å². The molecule has 3 aromatic rings. The third kappa shape index (κ3) is 3.98. The Morgan fingerprint density at radius 3 is 2.79 bits per heavy atom. The molecular formula is C18H17N3O3. The smallest absolute Gasteiger partial charge is 0.251 e. The zero-order valence-corrected chi connectivity index (χ0v) is 13.2. The molecule has 0 atom stereocenters. The van der Waals surface area contributed by atoms with E-state index >= 15 is 0 Å². The number of amides is 1. The maximum atomic E-state index is 12.1. The highest BCUT2D eigenvalue weighted by atomic mass is 16.5. The van der Waals surface area contributed by atoms with Crippen molar-refractivity contribution in [2.24, 2.45) is 0 Å². The lowest BCUT2D eigenvalue weighted by molar-refractivity contribution is 0.0949. The van der Waals surface area contributed by atoms with Crippen molar-refractivity contribution in [3.8, 4) is 5.75 Å². The number of hydrogen-bond donors (Lipinski definition) is 1. The van der Waals surface area contributed by atoms with E-state index in [1.807, 2.05) is 30.3 Å². The molecule has 2 aromatic carbocycles. The Bertz CT molecular complexity index is 815. The van der Waals surface area contributed by atoms with Crippen molar-refractivity contribution in [3.63, 3.8) is 0 Å². The van der Waals surface area contributed by atoms with Crippen LogP contribution in [-0.4, -0.2) is 23.2 Å². The highest BCUT2D eigenvalue weighted by molar-refractivity contribution is 5.94. The summed E-state index contributed by atoms with van der Waals surface area (Å²) in [5, 5.41) is 6.65. The van der Waals surface area contributed by atoms with Gasteiger partial charge in [-0.3, -0.25) is 4.79 Å². The summed E-state index contributed by atoms with van der Waals surface area (Å²) in [4.78, 5) is 16.4. The second kappa shape index (κ2) is 7.41. The highest BCUT2D eigenvalue weighted by Crippen LogP contribution is 2.12. The van der Waals surface area contributed by atoms with Gasteiger partial charge in [0.1, 0.15) is 5.75 Å². The average molecular weight is 323 g/mol. The van der Waals surface area contributed by atoms with E-state index in [-0.39, 0.29) is 12.5 Å². The normalized spacial score (nSPS) is 10.4. The lowest BCUT2D eigenvalue weighted by Gasteiger charge is -2.04. The topological polar surface area (TPSA) is 77.2 Å². The van der Waals surface area contributed by atoms with Crippen molar-refractivity contribution in [2.45, 2.75) is 13.0 Å². The van der Waals surface area contributed by atoms with E-state index in [4.69, 9.17) is 9.26 Å². The number of ether oxygens (including phenoxy) is 1. The van der Waals surface area contributed by atoms with E-state index < -0.39 is 0 Å². The molecule has 1 N–H and O–H groups in total. The standard InChI is InChI=1S/C18H17N3O3/c1-23-15-9-5-8-14(11-15)18(22)19-12-16-20-17(24-21-16)10-13-6-3-2-4-7-13/h2-9,11H,10,12H2,1H3,(H,19,22). The first-order valence-corrected chi connectivity index (χ1v) is 7.52. The fraction of sp³-hybridized carbons (Fsp3) is 0.167. The third-order valence-electron chi connectivity index (χ3n) is 3.45. The number of nitrogens with one attached hydrogen (secondary N) is 1. The van der Waals surface area contributed by atoms with Crippen LogP contribution in [0.25, 0.3) is 0 Å². The molecule has 6 nitrogen and oxygen atoms in total. The Kier molecular flexibility index (Phi) is 4.86. The van der Waals surface area contributed by atoms with Gasteiger partial charge in [0.2, 0.25) is 5.89 Å². The maximum Gasteiger partial charge on any atom is 0.251 e. The minimum Gasteiger partial charge on any atom is -0.497 e. The summed E-state index contributed by atoms with van der Waals surface area (Å²) in [6, 6.07) is 16.8. The van der Waals surface area contributed by atoms with Crippen LogP contribution in [0.2, 0.25) is 0 Å². The van der Waals surface area contributed by atoms with E-state index in [0.717, 1.165) is 5.56 Å². The summed E-state index contributed by atoms with van der Waals surface area (Å²) in [6.07, 6.45) is 0.567. The number of carbonyl (C=O) groups is 1. The monoisotopic (exact) mass is 323 g/mol. The Labute approximate surface area is 139 Å². The van der Waals surface area contributed by atoms with Gasteiger partial charge in [0, 0.05) is 5.56 Å². The molecule has 0 aliphatic carbocycles. The van der Waals surface area contributed by atoms with Gasteiger partial charge >= 0.3 is 0 Å². The molecule has 0 unspecified atom stereocenters. The number of nitrogens with zero attached hydrogens (tertiary/aromatic N) is 2. The molecule has 0 saturated carbocycles. The fourth-order valence-electron chi connectivity index (χ4n) is 2.23. The van der Waals surface area contributed by atoms with Crippen molar-refractivity contribution in [3.05, 3.63) is 77.4 Å². The summed E-state index contributed by atoms with van der Waals surface area (Å²) < 4.78 is 10.3. The van der Waals surface area contributed by atoms with E-state index in [2.05, 4.69) is 15.5 Å². The number of aromatic nitrogens is 2. The zero-order chi connectivity index (χ0) is 16.8. The molecule has 1 aromatic heterocycles. The molecule has 1 heterocycles. The largest absolute Gasteiger partial charge is 0.497 e. The van der Waals surface area contributed by atoms with Crippen molar-refractivity contribution >= 4 is 5.91 Å². The minimum atomic E-state index is -0.219. The Hall–Kier alpha value is -3.15. The van der Waals surface area contributed by atoms with Crippen LogP contribution in [0, 0.1) is 0 Å². The van der Waals surface area contributed by atoms with Gasteiger partial charge in [0.15, 0.2) is 5.82 Å². The SMILES string of the molecule is COc1cccc(C(=O)NCc2noc(Cc3ccccc3)n2)c1. The summed E-state index contributed by atoms with van der Waals surface area (Å²) in [6.45, 7) is 0.203. The van der Waals surface area contributed by atoms with Crippen molar-refractivity contribution in [1.29, 1.82) is 0 Å². The van der Waals surface area contributed by atoms with Crippen LogP contribution >= 0.6 is 0 Å². The highest BCUT2D eigenvalue weighted by Gasteiger charge is 2.10.